The van der Waals surface area contributed by atoms with Gasteiger partial charge in [0, 0.05) is 24.1 Å². The normalized spacial score (nSPS) is 18.4. The highest BCUT2D eigenvalue weighted by atomic mass is 79.9. The van der Waals surface area contributed by atoms with Crippen molar-refractivity contribution in [1.29, 1.82) is 0 Å². The summed E-state index contributed by atoms with van der Waals surface area (Å²) in [5.41, 5.74) is 0.483. The van der Waals surface area contributed by atoms with Crippen LogP contribution in [0.3, 0.4) is 0 Å². The van der Waals surface area contributed by atoms with Crippen molar-refractivity contribution >= 4 is 39.3 Å². The fraction of sp³-hybridized carbons (Fsp3) is 0.467. The van der Waals surface area contributed by atoms with Gasteiger partial charge in [-0.2, -0.15) is 0 Å². The van der Waals surface area contributed by atoms with Crippen LogP contribution in [-0.4, -0.2) is 36.3 Å². The third-order valence-electron chi connectivity index (χ3n) is 3.59. The minimum atomic E-state index is -0.128. The van der Waals surface area contributed by atoms with Gasteiger partial charge in [0.2, 0.25) is 5.91 Å². The predicted molar refractivity (Wildman–Crippen MR) is 86.5 cm³/mol. The summed E-state index contributed by atoms with van der Waals surface area (Å²) >= 11 is 9.46. The molecule has 6 heteroatoms. The number of rotatable bonds is 3. The molecule has 1 saturated heterocycles. The molecule has 1 aromatic carbocycles. The number of piperidine rings is 1. The molecule has 4 nitrogen and oxygen atoms in total. The van der Waals surface area contributed by atoms with Crippen LogP contribution in [0.25, 0.3) is 0 Å². The SMILES string of the molecule is CCNC(=O)C1CCCN(C(=O)c2ccc(Br)cc2Cl)C1. The van der Waals surface area contributed by atoms with Crippen LogP contribution in [0.5, 0.6) is 0 Å². The van der Waals surface area contributed by atoms with Crippen molar-refractivity contribution in [2.24, 2.45) is 5.92 Å². The lowest BCUT2D eigenvalue weighted by atomic mass is 9.96. The summed E-state index contributed by atoms with van der Waals surface area (Å²) in [6, 6.07) is 5.22. The van der Waals surface area contributed by atoms with Crippen molar-refractivity contribution in [2.75, 3.05) is 19.6 Å². The maximum absolute atomic E-state index is 12.6. The predicted octanol–water partition coefficient (Wildman–Crippen LogP) is 3.09. The van der Waals surface area contributed by atoms with Gasteiger partial charge in [0.25, 0.3) is 5.91 Å². The molecule has 0 bridgehead atoms. The zero-order valence-electron chi connectivity index (χ0n) is 11.9. The maximum atomic E-state index is 12.6. The highest BCUT2D eigenvalue weighted by Crippen LogP contribution is 2.25. The van der Waals surface area contributed by atoms with Gasteiger partial charge in [-0.05, 0) is 38.0 Å². The van der Waals surface area contributed by atoms with Crippen molar-refractivity contribution < 1.29 is 9.59 Å². The fourth-order valence-electron chi connectivity index (χ4n) is 2.53. The van der Waals surface area contributed by atoms with Gasteiger partial charge in [-0.25, -0.2) is 0 Å². The molecule has 114 valence electrons. The minimum absolute atomic E-state index is 0.0249. The molecule has 2 rings (SSSR count). The fourth-order valence-corrected chi connectivity index (χ4v) is 3.28. The topological polar surface area (TPSA) is 49.4 Å². The molecule has 0 spiro atoms. The Kier molecular flexibility index (Phi) is 5.65. The van der Waals surface area contributed by atoms with Crippen LogP contribution < -0.4 is 5.32 Å². The highest BCUT2D eigenvalue weighted by molar-refractivity contribution is 9.10. The summed E-state index contributed by atoms with van der Waals surface area (Å²) < 4.78 is 0.836. The van der Waals surface area contributed by atoms with Gasteiger partial charge in [0.05, 0.1) is 16.5 Å². The summed E-state index contributed by atoms with van der Waals surface area (Å²) in [5.74, 6) is -0.213. The van der Waals surface area contributed by atoms with E-state index in [0.29, 0.717) is 30.2 Å². The Morgan fingerprint density at radius 3 is 2.90 bits per heavy atom. The van der Waals surface area contributed by atoms with E-state index in [-0.39, 0.29) is 17.7 Å². The van der Waals surface area contributed by atoms with Crippen LogP contribution >= 0.6 is 27.5 Å². The third kappa shape index (κ3) is 3.98. The summed E-state index contributed by atoms with van der Waals surface area (Å²) in [4.78, 5) is 26.2. The first-order chi connectivity index (χ1) is 10.0. The number of hydrogen-bond donors (Lipinski definition) is 1. The molecule has 2 amide bonds. The molecule has 1 aliphatic rings. The van der Waals surface area contributed by atoms with Crippen LogP contribution in [0, 0.1) is 5.92 Å². The second-order valence-electron chi connectivity index (χ2n) is 5.11. The quantitative estimate of drug-likeness (QED) is 0.885. The van der Waals surface area contributed by atoms with Gasteiger partial charge in [-0.1, -0.05) is 27.5 Å². The van der Waals surface area contributed by atoms with E-state index in [1.165, 1.54) is 0 Å². The van der Waals surface area contributed by atoms with Gasteiger partial charge in [0.15, 0.2) is 0 Å². The second-order valence-corrected chi connectivity index (χ2v) is 6.43. The molecular weight excluding hydrogens is 356 g/mol. The number of hydrogen-bond acceptors (Lipinski definition) is 2. The first-order valence-corrected chi connectivity index (χ1v) is 8.22. The van der Waals surface area contributed by atoms with E-state index >= 15 is 0 Å². The standard InChI is InChI=1S/C15H18BrClN2O2/c1-2-18-14(20)10-4-3-7-19(9-10)15(21)12-6-5-11(16)8-13(12)17/h5-6,8,10H,2-4,7,9H2,1H3,(H,18,20). The molecular formula is C15H18BrClN2O2. The van der Waals surface area contributed by atoms with Crippen molar-refractivity contribution in [1.82, 2.24) is 10.2 Å². The van der Waals surface area contributed by atoms with E-state index in [2.05, 4.69) is 21.2 Å². The van der Waals surface area contributed by atoms with Gasteiger partial charge in [-0.3, -0.25) is 9.59 Å². The molecule has 0 aromatic heterocycles. The lowest BCUT2D eigenvalue weighted by Gasteiger charge is -2.32. The maximum Gasteiger partial charge on any atom is 0.255 e. The molecule has 1 unspecified atom stereocenters. The highest BCUT2D eigenvalue weighted by Gasteiger charge is 2.29. The molecule has 21 heavy (non-hydrogen) atoms. The summed E-state index contributed by atoms with van der Waals surface area (Å²) in [5, 5.41) is 3.25. The number of benzene rings is 1. The summed E-state index contributed by atoms with van der Waals surface area (Å²) in [6.07, 6.45) is 1.66. The number of amides is 2. The largest absolute Gasteiger partial charge is 0.356 e. The first-order valence-electron chi connectivity index (χ1n) is 7.05. The third-order valence-corrected chi connectivity index (χ3v) is 4.40. The molecule has 0 aliphatic carbocycles. The number of carbonyl (C=O) groups excluding carboxylic acids is 2. The Bertz CT molecular complexity index is 550. The van der Waals surface area contributed by atoms with Crippen LogP contribution in [0.4, 0.5) is 0 Å². The minimum Gasteiger partial charge on any atom is -0.356 e. The smallest absolute Gasteiger partial charge is 0.255 e. The lowest BCUT2D eigenvalue weighted by Crippen LogP contribution is -2.45. The number of halogens is 2. The van der Waals surface area contributed by atoms with E-state index in [0.717, 1.165) is 17.3 Å². The van der Waals surface area contributed by atoms with Crippen LogP contribution in [0.2, 0.25) is 5.02 Å². The number of nitrogens with one attached hydrogen (secondary N) is 1. The molecule has 1 fully saturated rings. The second kappa shape index (κ2) is 7.27. The van der Waals surface area contributed by atoms with Crippen LogP contribution in [0.15, 0.2) is 22.7 Å². The summed E-state index contributed by atoms with van der Waals surface area (Å²) in [6.45, 7) is 3.63. The van der Waals surface area contributed by atoms with Crippen LogP contribution in [-0.2, 0) is 4.79 Å². The Labute approximate surface area is 138 Å². The Balaban J connectivity index is 2.10. The average Bonchev–Trinajstić information content (AvgIpc) is 2.47. The molecule has 1 atom stereocenters. The van der Waals surface area contributed by atoms with Crippen molar-refractivity contribution in [3.63, 3.8) is 0 Å². The van der Waals surface area contributed by atoms with E-state index in [1.807, 2.05) is 6.92 Å². The van der Waals surface area contributed by atoms with E-state index in [9.17, 15) is 9.59 Å². The van der Waals surface area contributed by atoms with E-state index < -0.39 is 0 Å². The number of nitrogens with zero attached hydrogens (tertiary/aromatic N) is 1. The monoisotopic (exact) mass is 372 g/mol. The van der Waals surface area contributed by atoms with Gasteiger partial charge in [0.1, 0.15) is 0 Å². The lowest BCUT2D eigenvalue weighted by molar-refractivity contribution is -0.126. The van der Waals surface area contributed by atoms with Gasteiger partial charge >= 0.3 is 0 Å². The molecule has 1 N–H and O–H groups in total. The van der Waals surface area contributed by atoms with E-state index in [4.69, 9.17) is 11.6 Å². The van der Waals surface area contributed by atoms with Crippen LogP contribution in [0.1, 0.15) is 30.1 Å². The number of likely N-dealkylation sites (tertiary alicyclic amines) is 1. The van der Waals surface area contributed by atoms with Crippen molar-refractivity contribution in [3.8, 4) is 0 Å². The molecule has 1 heterocycles. The molecule has 1 aromatic rings. The number of carbonyl (C=O) groups is 2. The molecule has 0 saturated carbocycles. The zero-order valence-corrected chi connectivity index (χ0v) is 14.2. The Hall–Kier alpha value is -1.07. The van der Waals surface area contributed by atoms with Crippen molar-refractivity contribution in [3.05, 3.63) is 33.3 Å². The molecule has 0 radical (unpaired) electrons. The van der Waals surface area contributed by atoms with E-state index in [1.54, 1.807) is 23.1 Å². The Morgan fingerprint density at radius 1 is 1.48 bits per heavy atom. The average molecular weight is 374 g/mol. The first kappa shape index (κ1) is 16.3. The van der Waals surface area contributed by atoms with Gasteiger partial charge in [-0.15, -0.1) is 0 Å². The Morgan fingerprint density at radius 2 is 2.24 bits per heavy atom. The van der Waals surface area contributed by atoms with Crippen molar-refractivity contribution in [2.45, 2.75) is 19.8 Å². The zero-order chi connectivity index (χ0) is 15.4. The van der Waals surface area contributed by atoms with Gasteiger partial charge < -0.3 is 10.2 Å². The summed E-state index contributed by atoms with van der Waals surface area (Å²) in [7, 11) is 0. The molecule has 1 aliphatic heterocycles.